The van der Waals surface area contributed by atoms with E-state index in [-0.39, 0.29) is 0 Å². The first-order valence-corrected chi connectivity index (χ1v) is 6.43. The zero-order valence-electron chi connectivity index (χ0n) is 10.5. The van der Waals surface area contributed by atoms with Gasteiger partial charge in [0.2, 0.25) is 0 Å². The number of hydrogen-bond donors (Lipinski definition) is 0. The predicted molar refractivity (Wildman–Crippen MR) is 67.7 cm³/mol. The molecule has 0 spiro atoms. The van der Waals surface area contributed by atoms with E-state index in [1.165, 1.54) is 25.1 Å². The third-order valence-electron chi connectivity index (χ3n) is 4.53. The number of hydrogen-bond acceptors (Lipinski definition) is 1. The van der Waals surface area contributed by atoms with Crippen LogP contribution in [0.25, 0.3) is 0 Å². The molecule has 2 aliphatic rings. The van der Waals surface area contributed by atoms with Gasteiger partial charge in [-0.05, 0) is 38.7 Å². The van der Waals surface area contributed by atoms with Gasteiger partial charge in [-0.25, -0.2) is 0 Å². The molecule has 16 heavy (non-hydrogen) atoms. The second-order valence-electron chi connectivity index (χ2n) is 5.95. The van der Waals surface area contributed by atoms with Crippen LogP contribution >= 0.6 is 0 Å². The highest BCUT2D eigenvalue weighted by atomic mass is 15.2. The summed E-state index contributed by atoms with van der Waals surface area (Å²) in [5.74, 6) is 0.928. The van der Waals surface area contributed by atoms with Crippen LogP contribution in [0.1, 0.15) is 31.4 Å². The van der Waals surface area contributed by atoms with Crippen LogP contribution in [0.5, 0.6) is 0 Å². The molecule has 0 unspecified atom stereocenters. The molecule has 1 saturated carbocycles. The molecular formula is C15H21N. The van der Waals surface area contributed by atoms with E-state index in [0.717, 1.165) is 5.92 Å². The summed E-state index contributed by atoms with van der Waals surface area (Å²) in [6.07, 6.45) is 1.42. The second-order valence-corrected chi connectivity index (χ2v) is 5.95. The summed E-state index contributed by atoms with van der Waals surface area (Å²) in [6.45, 7) is 9.38. The fourth-order valence-electron chi connectivity index (χ4n) is 3.25. The number of fused-ring (bicyclic) bond motifs is 1. The third kappa shape index (κ3) is 1.41. The van der Waals surface area contributed by atoms with Crippen LogP contribution in [0, 0.1) is 12.8 Å². The lowest BCUT2D eigenvalue weighted by atomic mass is 9.94. The number of likely N-dealkylation sites (tertiary alicyclic amines) is 1. The predicted octanol–water partition coefficient (Wildman–Crippen LogP) is 2.98. The van der Waals surface area contributed by atoms with E-state index in [0.29, 0.717) is 11.5 Å². The van der Waals surface area contributed by atoms with Gasteiger partial charge in [-0.1, -0.05) is 29.8 Å². The van der Waals surface area contributed by atoms with Gasteiger partial charge in [-0.3, -0.25) is 4.90 Å². The Kier molecular flexibility index (Phi) is 2.16. The number of benzene rings is 1. The fourth-order valence-corrected chi connectivity index (χ4v) is 3.25. The van der Waals surface area contributed by atoms with Crippen molar-refractivity contribution in [1.82, 2.24) is 4.90 Å². The maximum atomic E-state index is 2.63. The smallest absolute Gasteiger partial charge is 0.0124 e. The Labute approximate surface area is 98.5 Å². The molecule has 1 aliphatic heterocycles. The van der Waals surface area contributed by atoms with Gasteiger partial charge in [-0.15, -0.1) is 0 Å². The molecule has 2 atom stereocenters. The van der Waals surface area contributed by atoms with Crippen LogP contribution in [-0.2, 0) is 5.41 Å². The molecule has 1 aromatic rings. The van der Waals surface area contributed by atoms with Crippen LogP contribution in [0.3, 0.4) is 0 Å². The van der Waals surface area contributed by atoms with Crippen molar-refractivity contribution in [3.05, 3.63) is 35.4 Å². The molecule has 1 nitrogen and oxygen atoms in total. The first-order valence-electron chi connectivity index (χ1n) is 6.43. The lowest BCUT2D eigenvalue weighted by Crippen LogP contribution is -2.32. The molecule has 1 saturated heterocycles. The zero-order valence-corrected chi connectivity index (χ0v) is 10.5. The average molecular weight is 215 g/mol. The Hall–Kier alpha value is -0.820. The maximum absolute atomic E-state index is 2.63. The van der Waals surface area contributed by atoms with Crippen LogP contribution in [0.2, 0.25) is 0 Å². The fraction of sp³-hybridized carbons (Fsp3) is 0.600. The average Bonchev–Trinajstić information content (AvgIpc) is 2.82. The van der Waals surface area contributed by atoms with Crippen molar-refractivity contribution in [2.24, 2.45) is 5.92 Å². The van der Waals surface area contributed by atoms with Gasteiger partial charge in [0, 0.05) is 24.5 Å². The summed E-state index contributed by atoms with van der Waals surface area (Å²) < 4.78 is 0. The molecule has 1 aliphatic carbocycles. The summed E-state index contributed by atoms with van der Waals surface area (Å²) >= 11 is 0. The largest absolute Gasteiger partial charge is 0.300 e. The van der Waals surface area contributed by atoms with E-state index in [2.05, 4.69) is 49.9 Å². The SMILES string of the molecule is Cc1ccc([C@]23C[C@H]2CN(C(C)C)C3)cc1. The molecule has 0 aromatic heterocycles. The Morgan fingerprint density at radius 1 is 1.25 bits per heavy atom. The number of piperidine rings is 1. The summed E-state index contributed by atoms with van der Waals surface area (Å²) in [4.78, 5) is 2.63. The second kappa shape index (κ2) is 3.33. The first kappa shape index (κ1) is 10.3. The van der Waals surface area contributed by atoms with Gasteiger partial charge in [-0.2, -0.15) is 0 Å². The molecule has 0 amide bonds. The van der Waals surface area contributed by atoms with Gasteiger partial charge in [0.1, 0.15) is 0 Å². The first-order chi connectivity index (χ1) is 7.62. The zero-order chi connectivity index (χ0) is 11.3. The van der Waals surface area contributed by atoms with Crippen molar-refractivity contribution >= 4 is 0 Å². The van der Waals surface area contributed by atoms with Crippen molar-refractivity contribution < 1.29 is 0 Å². The molecule has 1 heteroatoms. The van der Waals surface area contributed by atoms with E-state index >= 15 is 0 Å². The van der Waals surface area contributed by atoms with Gasteiger partial charge >= 0.3 is 0 Å². The van der Waals surface area contributed by atoms with Crippen LogP contribution in [0.4, 0.5) is 0 Å². The van der Waals surface area contributed by atoms with Crippen LogP contribution in [0.15, 0.2) is 24.3 Å². The topological polar surface area (TPSA) is 3.24 Å². The monoisotopic (exact) mass is 215 g/mol. The Bertz CT molecular complexity index is 392. The quantitative estimate of drug-likeness (QED) is 0.733. The summed E-state index contributed by atoms with van der Waals surface area (Å²) in [5.41, 5.74) is 3.47. The molecule has 0 N–H and O–H groups in total. The van der Waals surface area contributed by atoms with E-state index < -0.39 is 0 Å². The maximum Gasteiger partial charge on any atom is 0.0124 e. The number of aryl methyl sites for hydroxylation is 1. The van der Waals surface area contributed by atoms with Gasteiger partial charge < -0.3 is 0 Å². The minimum atomic E-state index is 0.526. The normalized spacial score (nSPS) is 33.1. The van der Waals surface area contributed by atoms with Crippen molar-refractivity contribution in [3.8, 4) is 0 Å². The van der Waals surface area contributed by atoms with Crippen molar-refractivity contribution in [3.63, 3.8) is 0 Å². The summed E-state index contributed by atoms with van der Waals surface area (Å²) in [5, 5.41) is 0. The Balaban J connectivity index is 1.84. The molecule has 1 aromatic carbocycles. The van der Waals surface area contributed by atoms with E-state index in [9.17, 15) is 0 Å². The molecule has 86 valence electrons. The summed E-state index contributed by atoms with van der Waals surface area (Å²) in [6, 6.07) is 9.92. The highest BCUT2D eigenvalue weighted by Gasteiger charge is 2.60. The number of rotatable bonds is 2. The molecule has 0 radical (unpaired) electrons. The Morgan fingerprint density at radius 2 is 1.94 bits per heavy atom. The standard InChI is InChI=1S/C15H21N/c1-11(2)16-9-14-8-15(14,10-16)13-6-4-12(3)5-7-13/h4-7,11,14H,8-10H2,1-3H3/t14-,15+/m0/s1. The molecule has 2 fully saturated rings. The lowest BCUT2D eigenvalue weighted by molar-refractivity contribution is 0.243. The van der Waals surface area contributed by atoms with Crippen molar-refractivity contribution in [2.45, 2.75) is 38.6 Å². The highest BCUT2D eigenvalue weighted by molar-refractivity contribution is 5.38. The highest BCUT2D eigenvalue weighted by Crippen LogP contribution is 2.59. The lowest BCUT2D eigenvalue weighted by Gasteiger charge is -2.24. The third-order valence-corrected chi connectivity index (χ3v) is 4.53. The molecule has 0 bridgehead atoms. The molecule has 3 rings (SSSR count). The van der Waals surface area contributed by atoms with Crippen molar-refractivity contribution in [2.75, 3.05) is 13.1 Å². The van der Waals surface area contributed by atoms with Gasteiger partial charge in [0.25, 0.3) is 0 Å². The van der Waals surface area contributed by atoms with Gasteiger partial charge in [0.05, 0.1) is 0 Å². The van der Waals surface area contributed by atoms with Crippen LogP contribution < -0.4 is 0 Å². The van der Waals surface area contributed by atoms with Crippen LogP contribution in [-0.4, -0.2) is 24.0 Å². The Morgan fingerprint density at radius 3 is 2.50 bits per heavy atom. The molecule has 1 heterocycles. The van der Waals surface area contributed by atoms with E-state index in [4.69, 9.17) is 0 Å². The van der Waals surface area contributed by atoms with E-state index in [1.54, 1.807) is 5.56 Å². The molecular weight excluding hydrogens is 194 g/mol. The van der Waals surface area contributed by atoms with Gasteiger partial charge in [0.15, 0.2) is 0 Å². The number of nitrogens with zero attached hydrogens (tertiary/aromatic N) is 1. The van der Waals surface area contributed by atoms with Crippen molar-refractivity contribution in [1.29, 1.82) is 0 Å². The summed E-state index contributed by atoms with van der Waals surface area (Å²) in [7, 11) is 0. The minimum absolute atomic E-state index is 0.526. The van der Waals surface area contributed by atoms with E-state index in [1.807, 2.05) is 0 Å². The minimum Gasteiger partial charge on any atom is -0.300 e.